The maximum atomic E-state index is 13.4. The zero-order valence-electron chi connectivity index (χ0n) is 17.2. The Morgan fingerprint density at radius 3 is 2.52 bits per heavy atom. The Hall–Kier alpha value is -2.93. The molecule has 2 fully saturated rings. The predicted molar refractivity (Wildman–Crippen MR) is 116 cm³/mol. The Morgan fingerprint density at radius 2 is 1.90 bits per heavy atom. The van der Waals surface area contributed by atoms with Crippen LogP contribution >= 0.6 is 11.6 Å². The number of rotatable bonds is 4. The lowest BCUT2D eigenvalue weighted by Gasteiger charge is -2.34. The van der Waals surface area contributed by atoms with Gasteiger partial charge in [-0.2, -0.15) is 5.10 Å². The number of aromatic amines is 1. The average molecular weight is 439 g/mol. The molecule has 1 amide bonds. The van der Waals surface area contributed by atoms with Crippen LogP contribution in [0.5, 0.6) is 0 Å². The lowest BCUT2D eigenvalue weighted by molar-refractivity contribution is -0.135. The van der Waals surface area contributed by atoms with Crippen molar-refractivity contribution in [2.45, 2.75) is 43.9 Å². The Bertz CT molecular complexity index is 1170. The van der Waals surface area contributed by atoms with Gasteiger partial charge in [-0.1, -0.05) is 28.9 Å². The number of piperidine rings is 1. The van der Waals surface area contributed by atoms with Crippen LogP contribution in [-0.2, 0) is 10.2 Å². The van der Waals surface area contributed by atoms with E-state index in [1.807, 2.05) is 42.2 Å². The highest BCUT2D eigenvalue weighted by atomic mass is 35.5. The van der Waals surface area contributed by atoms with E-state index >= 15 is 0 Å². The normalized spacial score (nSPS) is 18.2. The number of H-pyrrole nitrogens is 1. The van der Waals surface area contributed by atoms with Gasteiger partial charge in [-0.25, -0.2) is 5.10 Å². The highest BCUT2D eigenvalue weighted by molar-refractivity contribution is 6.30. The van der Waals surface area contributed by atoms with Gasteiger partial charge in [-0.05, 0) is 50.3 Å². The third kappa shape index (κ3) is 3.67. The molecule has 1 saturated heterocycles. The van der Waals surface area contributed by atoms with E-state index in [9.17, 15) is 9.59 Å². The second kappa shape index (κ2) is 7.64. The summed E-state index contributed by atoms with van der Waals surface area (Å²) in [7, 11) is 0. The molecule has 5 rings (SSSR count). The number of halogens is 1. The molecule has 0 atom stereocenters. The maximum Gasteiger partial charge on any atom is 0.264 e. The smallest absolute Gasteiger partial charge is 0.264 e. The molecule has 7 nitrogen and oxygen atoms in total. The van der Waals surface area contributed by atoms with Gasteiger partial charge in [0.1, 0.15) is 0 Å². The number of carbonyl (C=O) groups excluding carboxylic acids is 1. The number of likely N-dealkylation sites (tertiary alicyclic amines) is 1. The fourth-order valence-electron chi connectivity index (χ4n) is 4.59. The van der Waals surface area contributed by atoms with Gasteiger partial charge in [0.05, 0.1) is 16.8 Å². The Labute approximate surface area is 184 Å². The molecule has 1 aromatic carbocycles. The molecule has 0 radical (unpaired) electrons. The van der Waals surface area contributed by atoms with Gasteiger partial charge in [0.2, 0.25) is 5.91 Å². The summed E-state index contributed by atoms with van der Waals surface area (Å²) in [6.45, 7) is 3.16. The van der Waals surface area contributed by atoms with Crippen LogP contribution in [0.3, 0.4) is 0 Å². The molecule has 0 spiro atoms. The van der Waals surface area contributed by atoms with Crippen LogP contribution in [0.2, 0.25) is 5.02 Å². The first-order valence-corrected chi connectivity index (χ1v) is 10.9. The molecule has 3 aromatic rings. The molecular weight excluding hydrogens is 416 g/mol. The summed E-state index contributed by atoms with van der Waals surface area (Å²) in [6.07, 6.45) is 3.32. The Morgan fingerprint density at radius 1 is 1.19 bits per heavy atom. The fraction of sp³-hybridized carbons (Fsp3) is 0.391. The van der Waals surface area contributed by atoms with Crippen molar-refractivity contribution < 1.29 is 9.32 Å². The summed E-state index contributed by atoms with van der Waals surface area (Å²) >= 11 is 6.02. The molecule has 160 valence electrons. The van der Waals surface area contributed by atoms with Crippen molar-refractivity contribution in [3.63, 3.8) is 0 Å². The summed E-state index contributed by atoms with van der Waals surface area (Å²) in [5, 5.41) is 11.5. The molecule has 1 aliphatic carbocycles. The number of amides is 1. The van der Waals surface area contributed by atoms with E-state index in [1.54, 1.807) is 0 Å². The predicted octanol–water partition coefficient (Wildman–Crippen LogP) is 3.82. The fourth-order valence-corrected chi connectivity index (χ4v) is 4.72. The summed E-state index contributed by atoms with van der Waals surface area (Å²) < 4.78 is 5.39. The summed E-state index contributed by atoms with van der Waals surface area (Å²) in [5.41, 5.74) is 2.60. The largest absolute Gasteiger partial charge is 0.356 e. The van der Waals surface area contributed by atoms with Crippen LogP contribution < -0.4 is 5.56 Å². The number of aryl methyl sites for hydroxylation is 1. The number of nitrogens with zero attached hydrogens (tertiary/aromatic N) is 3. The van der Waals surface area contributed by atoms with Crippen molar-refractivity contribution in [2.75, 3.05) is 13.1 Å². The molecule has 1 N–H and O–H groups in total. The molecule has 31 heavy (non-hydrogen) atoms. The highest BCUT2D eigenvalue weighted by Crippen LogP contribution is 2.50. The van der Waals surface area contributed by atoms with Crippen molar-refractivity contribution in [1.82, 2.24) is 20.3 Å². The van der Waals surface area contributed by atoms with E-state index < -0.39 is 5.41 Å². The molecular formula is C23H23ClN4O3. The van der Waals surface area contributed by atoms with Crippen LogP contribution in [0.4, 0.5) is 0 Å². The van der Waals surface area contributed by atoms with Crippen LogP contribution in [-0.4, -0.2) is 39.3 Å². The van der Waals surface area contributed by atoms with Crippen molar-refractivity contribution in [2.24, 2.45) is 0 Å². The molecule has 1 saturated carbocycles. The summed E-state index contributed by atoms with van der Waals surface area (Å²) in [6, 6.07) is 11.0. The van der Waals surface area contributed by atoms with Gasteiger partial charge in [-0.3, -0.25) is 9.59 Å². The number of aromatic nitrogens is 3. The molecule has 8 heteroatoms. The molecule has 2 aromatic heterocycles. The second-order valence-electron chi connectivity index (χ2n) is 8.52. The van der Waals surface area contributed by atoms with Gasteiger partial charge in [-0.15, -0.1) is 0 Å². The molecule has 0 unspecified atom stereocenters. The zero-order chi connectivity index (χ0) is 21.6. The Kier molecular flexibility index (Phi) is 4.93. The van der Waals surface area contributed by atoms with Crippen molar-refractivity contribution in [3.05, 3.63) is 68.7 Å². The van der Waals surface area contributed by atoms with Gasteiger partial charge in [0, 0.05) is 41.7 Å². The quantitative estimate of drug-likeness (QED) is 0.668. The third-order valence-electron chi connectivity index (χ3n) is 6.46. The van der Waals surface area contributed by atoms with E-state index in [0.29, 0.717) is 29.4 Å². The Balaban J connectivity index is 1.33. The molecule has 3 heterocycles. The highest BCUT2D eigenvalue weighted by Gasteiger charge is 2.53. The van der Waals surface area contributed by atoms with Gasteiger partial charge >= 0.3 is 0 Å². The number of hydrogen-bond acceptors (Lipinski definition) is 5. The lowest BCUT2D eigenvalue weighted by Crippen LogP contribution is -2.43. The average Bonchev–Trinajstić information content (AvgIpc) is 3.48. The monoisotopic (exact) mass is 438 g/mol. The minimum atomic E-state index is -0.393. The van der Waals surface area contributed by atoms with E-state index in [4.69, 9.17) is 16.1 Å². The molecule has 1 aliphatic heterocycles. The van der Waals surface area contributed by atoms with Crippen LogP contribution in [0.15, 0.2) is 45.7 Å². The van der Waals surface area contributed by atoms with E-state index in [2.05, 4.69) is 15.4 Å². The summed E-state index contributed by atoms with van der Waals surface area (Å²) in [4.78, 5) is 27.2. The number of carbonyl (C=O) groups is 1. The van der Waals surface area contributed by atoms with E-state index in [0.717, 1.165) is 42.6 Å². The molecule has 2 aliphatic rings. The number of hydrogen-bond donors (Lipinski definition) is 1. The topological polar surface area (TPSA) is 92.1 Å². The third-order valence-corrected chi connectivity index (χ3v) is 6.71. The standard InChI is InChI=1S/C23H23ClN4O3/c1-14-12-19(31-27-14)18-13-20(29)25-26-21(18)15-6-10-28(11-7-15)22(30)23(8-9-23)16-2-4-17(24)5-3-16/h2-5,12-13,15H,6-11H2,1H3,(H,25,29). The molecule has 0 bridgehead atoms. The minimum absolute atomic E-state index is 0.131. The van der Waals surface area contributed by atoms with E-state index in [-0.39, 0.29) is 17.4 Å². The first-order valence-electron chi connectivity index (χ1n) is 10.5. The zero-order valence-corrected chi connectivity index (χ0v) is 18.0. The van der Waals surface area contributed by atoms with Crippen molar-refractivity contribution in [3.8, 4) is 11.3 Å². The SMILES string of the molecule is Cc1cc(-c2cc(=O)[nH]nc2C2CCN(C(=O)C3(c4ccc(Cl)cc4)CC3)CC2)on1. The van der Waals surface area contributed by atoms with Gasteiger partial charge in [0.15, 0.2) is 5.76 Å². The van der Waals surface area contributed by atoms with Crippen LogP contribution in [0, 0.1) is 6.92 Å². The van der Waals surface area contributed by atoms with Crippen LogP contribution in [0.25, 0.3) is 11.3 Å². The first-order chi connectivity index (χ1) is 15.0. The lowest BCUT2D eigenvalue weighted by atomic mass is 9.88. The maximum absolute atomic E-state index is 13.4. The number of benzene rings is 1. The first kappa shape index (κ1) is 20.0. The van der Waals surface area contributed by atoms with Gasteiger partial charge in [0.25, 0.3) is 5.56 Å². The van der Waals surface area contributed by atoms with Gasteiger partial charge < -0.3 is 9.42 Å². The summed E-state index contributed by atoms with van der Waals surface area (Å²) in [5.74, 6) is 0.880. The van der Waals surface area contributed by atoms with E-state index in [1.165, 1.54) is 6.07 Å². The minimum Gasteiger partial charge on any atom is -0.356 e. The van der Waals surface area contributed by atoms with Crippen molar-refractivity contribution >= 4 is 17.5 Å². The van der Waals surface area contributed by atoms with Crippen molar-refractivity contribution in [1.29, 1.82) is 0 Å². The number of nitrogens with one attached hydrogen (secondary N) is 1. The second-order valence-corrected chi connectivity index (χ2v) is 8.96. The van der Waals surface area contributed by atoms with Crippen LogP contribution in [0.1, 0.15) is 48.6 Å².